The first-order chi connectivity index (χ1) is 16.0. The molecular formula is C24H24FN3O5. The van der Waals surface area contributed by atoms with Gasteiger partial charge in [0.2, 0.25) is 0 Å². The van der Waals surface area contributed by atoms with Gasteiger partial charge < -0.3 is 18.8 Å². The molecule has 0 spiro atoms. The Morgan fingerprint density at radius 3 is 2.52 bits per heavy atom. The molecule has 0 bridgehead atoms. The summed E-state index contributed by atoms with van der Waals surface area (Å²) in [7, 11) is 3.12. The average molecular weight is 453 g/mol. The van der Waals surface area contributed by atoms with E-state index in [1.165, 1.54) is 39.6 Å². The minimum absolute atomic E-state index is 0.0560. The smallest absolute Gasteiger partial charge is 0.276 e. The average Bonchev–Trinajstić information content (AvgIpc) is 3.13. The lowest BCUT2D eigenvalue weighted by atomic mass is 10.1. The van der Waals surface area contributed by atoms with Gasteiger partial charge in [0.05, 0.1) is 43.4 Å². The van der Waals surface area contributed by atoms with Gasteiger partial charge in [-0.2, -0.15) is 0 Å². The Hall–Kier alpha value is -3.85. The summed E-state index contributed by atoms with van der Waals surface area (Å²) >= 11 is 0. The van der Waals surface area contributed by atoms with Crippen LogP contribution >= 0.6 is 0 Å². The number of nitrogens with zero attached hydrogens (tertiary/aromatic N) is 2. The number of pyridine rings is 1. The van der Waals surface area contributed by atoms with Crippen LogP contribution in [0.2, 0.25) is 0 Å². The van der Waals surface area contributed by atoms with Gasteiger partial charge in [-0.3, -0.25) is 14.7 Å². The van der Waals surface area contributed by atoms with Crippen LogP contribution in [-0.4, -0.2) is 35.2 Å². The minimum atomic E-state index is -0.383. The number of ether oxygens (including phenoxy) is 3. The van der Waals surface area contributed by atoms with E-state index < -0.39 is 0 Å². The van der Waals surface area contributed by atoms with Gasteiger partial charge in [0.1, 0.15) is 23.9 Å². The van der Waals surface area contributed by atoms with Crippen LogP contribution in [0.1, 0.15) is 11.3 Å². The van der Waals surface area contributed by atoms with E-state index in [9.17, 15) is 14.0 Å². The number of fused-ring (bicyclic) bond motifs is 1. The Morgan fingerprint density at radius 1 is 1.00 bits per heavy atom. The Bertz CT molecular complexity index is 1370. The maximum Gasteiger partial charge on any atom is 0.276 e. The number of methoxy groups -OCH3 is 2. The number of hydrogen-bond donors (Lipinski definition) is 1. The highest BCUT2D eigenvalue weighted by Crippen LogP contribution is 2.19. The minimum Gasteiger partial charge on any atom is -0.497 e. The number of hydrogen-bond acceptors (Lipinski definition) is 5. The van der Waals surface area contributed by atoms with E-state index in [4.69, 9.17) is 14.2 Å². The summed E-state index contributed by atoms with van der Waals surface area (Å²) in [6.07, 6.45) is 0. The number of H-pyrrole nitrogens is 1. The zero-order valence-electron chi connectivity index (χ0n) is 18.3. The van der Waals surface area contributed by atoms with Crippen LogP contribution in [0.4, 0.5) is 4.39 Å². The SMILES string of the molecule is COCCn1[nH]c2cc(=O)n(Cc3cccc(OC)c3)c(COc3ccc(F)cc3)c2c1=O. The second-order valence-corrected chi connectivity index (χ2v) is 7.46. The molecule has 172 valence electrons. The zero-order valence-corrected chi connectivity index (χ0v) is 18.3. The van der Waals surface area contributed by atoms with Gasteiger partial charge in [-0.25, -0.2) is 9.07 Å². The third-order valence-corrected chi connectivity index (χ3v) is 5.32. The van der Waals surface area contributed by atoms with E-state index in [1.807, 2.05) is 24.3 Å². The summed E-state index contributed by atoms with van der Waals surface area (Å²) in [6.45, 7) is 0.810. The fraction of sp³-hybridized carbons (Fsp3) is 0.250. The summed E-state index contributed by atoms with van der Waals surface area (Å²) in [5.74, 6) is 0.699. The topological polar surface area (TPSA) is 87.5 Å². The van der Waals surface area contributed by atoms with Crippen molar-refractivity contribution in [2.75, 3.05) is 20.8 Å². The molecule has 4 aromatic rings. The molecular weight excluding hydrogens is 429 g/mol. The number of rotatable bonds is 9. The molecule has 0 atom stereocenters. The number of halogens is 1. The van der Waals surface area contributed by atoms with Crippen molar-refractivity contribution in [3.05, 3.63) is 92.4 Å². The van der Waals surface area contributed by atoms with Crippen LogP contribution in [0.5, 0.6) is 11.5 Å². The van der Waals surface area contributed by atoms with Gasteiger partial charge in [-0.15, -0.1) is 0 Å². The summed E-state index contributed by atoms with van der Waals surface area (Å²) in [6, 6.07) is 14.3. The lowest BCUT2D eigenvalue weighted by Gasteiger charge is -2.15. The number of aromatic amines is 1. The summed E-state index contributed by atoms with van der Waals surface area (Å²) in [5, 5.41) is 3.34. The third-order valence-electron chi connectivity index (χ3n) is 5.32. The Morgan fingerprint density at radius 2 is 1.79 bits per heavy atom. The maximum absolute atomic E-state index is 13.3. The monoisotopic (exact) mass is 453 g/mol. The molecule has 2 aromatic carbocycles. The highest BCUT2D eigenvalue weighted by molar-refractivity contribution is 5.80. The molecule has 0 radical (unpaired) electrons. The summed E-state index contributed by atoms with van der Waals surface area (Å²) in [5.41, 5.74) is 1.10. The highest BCUT2D eigenvalue weighted by Gasteiger charge is 2.18. The van der Waals surface area contributed by atoms with Gasteiger partial charge in [-0.1, -0.05) is 12.1 Å². The lowest BCUT2D eigenvalue weighted by Crippen LogP contribution is -2.26. The zero-order chi connectivity index (χ0) is 23.4. The molecule has 9 heteroatoms. The molecule has 0 saturated carbocycles. The van der Waals surface area contributed by atoms with Crippen molar-refractivity contribution in [3.8, 4) is 11.5 Å². The Labute approximate surface area is 188 Å². The van der Waals surface area contributed by atoms with Gasteiger partial charge in [0, 0.05) is 13.2 Å². The first-order valence-electron chi connectivity index (χ1n) is 10.4. The van der Waals surface area contributed by atoms with Crippen molar-refractivity contribution in [3.63, 3.8) is 0 Å². The van der Waals surface area contributed by atoms with Crippen LogP contribution in [0.3, 0.4) is 0 Å². The number of nitrogens with one attached hydrogen (secondary N) is 1. The largest absolute Gasteiger partial charge is 0.497 e. The van der Waals surface area contributed by atoms with E-state index >= 15 is 0 Å². The molecule has 0 amide bonds. The van der Waals surface area contributed by atoms with Gasteiger partial charge in [-0.05, 0) is 42.0 Å². The van der Waals surface area contributed by atoms with Crippen LogP contribution < -0.4 is 20.6 Å². The Kier molecular flexibility index (Phi) is 6.60. The molecule has 0 aliphatic rings. The molecule has 0 saturated heterocycles. The summed E-state index contributed by atoms with van der Waals surface area (Å²) < 4.78 is 32.4. The maximum atomic E-state index is 13.3. The first-order valence-corrected chi connectivity index (χ1v) is 10.4. The predicted octanol–water partition coefficient (Wildman–Crippen LogP) is 2.91. The van der Waals surface area contributed by atoms with Crippen molar-refractivity contribution >= 4 is 10.9 Å². The fourth-order valence-corrected chi connectivity index (χ4v) is 3.65. The van der Waals surface area contributed by atoms with Crippen molar-refractivity contribution < 1.29 is 18.6 Å². The fourth-order valence-electron chi connectivity index (χ4n) is 3.65. The van der Waals surface area contributed by atoms with Crippen molar-refractivity contribution in [1.29, 1.82) is 0 Å². The molecule has 4 rings (SSSR count). The third kappa shape index (κ3) is 4.83. The summed E-state index contributed by atoms with van der Waals surface area (Å²) in [4.78, 5) is 26.2. The van der Waals surface area contributed by atoms with Crippen LogP contribution in [0.15, 0.2) is 64.2 Å². The van der Waals surface area contributed by atoms with Gasteiger partial charge in [0.25, 0.3) is 11.1 Å². The normalized spacial score (nSPS) is 11.1. The number of benzene rings is 2. The number of aromatic nitrogens is 3. The molecule has 33 heavy (non-hydrogen) atoms. The lowest BCUT2D eigenvalue weighted by molar-refractivity contribution is 0.183. The van der Waals surface area contributed by atoms with Gasteiger partial charge in [0.15, 0.2) is 0 Å². The molecule has 2 heterocycles. The van der Waals surface area contributed by atoms with E-state index in [1.54, 1.807) is 14.2 Å². The molecule has 0 unspecified atom stereocenters. The second-order valence-electron chi connectivity index (χ2n) is 7.46. The molecule has 0 aliphatic carbocycles. The van der Waals surface area contributed by atoms with Crippen molar-refractivity contribution in [1.82, 2.24) is 14.3 Å². The molecule has 8 nitrogen and oxygen atoms in total. The van der Waals surface area contributed by atoms with E-state index in [0.29, 0.717) is 41.2 Å². The van der Waals surface area contributed by atoms with Gasteiger partial charge >= 0.3 is 0 Å². The van der Waals surface area contributed by atoms with Crippen LogP contribution in [0.25, 0.3) is 10.9 Å². The standard InChI is InChI=1S/C24H24FN3O5/c1-31-11-10-28-24(30)23-20(26-28)13-22(29)27(14-16-4-3-5-19(12-16)32-2)21(23)15-33-18-8-6-17(25)7-9-18/h3-9,12-13,26H,10-11,14-15H2,1-2H3. The van der Waals surface area contributed by atoms with Crippen molar-refractivity contribution in [2.24, 2.45) is 0 Å². The second kappa shape index (κ2) is 9.74. The molecule has 1 N–H and O–H groups in total. The molecule has 0 aliphatic heterocycles. The Balaban J connectivity index is 1.81. The predicted molar refractivity (Wildman–Crippen MR) is 122 cm³/mol. The van der Waals surface area contributed by atoms with E-state index in [-0.39, 0.29) is 30.1 Å². The molecule has 2 aromatic heterocycles. The highest BCUT2D eigenvalue weighted by atomic mass is 19.1. The van der Waals surface area contributed by atoms with Crippen LogP contribution in [-0.2, 0) is 24.4 Å². The van der Waals surface area contributed by atoms with Crippen molar-refractivity contribution in [2.45, 2.75) is 19.7 Å². The van der Waals surface area contributed by atoms with E-state index in [0.717, 1.165) is 5.56 Å². The van der Waals surface area contributed by atoms with E-state index in [2.05, 4.69) is 5.10 Å². The quantitative estimate of drug-likeness (QED) is 0.421. The molecule has 0 fully saturated rings. The van der Waals surface area contributed by atoms with Crippen LogP contribution in [0, 0.1) is 5.82 Å². The first kappa shape index (κ1) is 22.3.